The lowest BCUT2D eigenvalue weighted by molar-refractivity contribution is 0.218. The summed E-state index contributed by atoms with van der Waals surface area (Å²) in [5.74, 6) is 0. The third-order valence-electron chi connectivity index (χ3n) is 3.11. The fourth-order valence-electron chi connectivity index (χ4n) is 2.12. The average Bonchev–Trinajstić information content (AvgIpc) is 2.47. The van der Waals surface area contributed by atoms with Crippen LogP contribution >= 0.6 is 7.92 Å². The molecular weight excluding hydrogens is 251 g/mol. The van der Waals surface area contributed by atoms with E-state index in [-0.39, 0.29) is 7.92 Å². The molecule has 1 nitrogen and oxygen atoms in total. The minimum Gasteiger partial charge on any atom is -0.384 e. The van der Waals surface area contributed by atoms with Gasteiger partial charge in [0.1, 0.15) is 0 Å². The molecule has 0 aliphatic carbocycles. The van der Waals surface area contributed by atoms with E-state index in [1.807, 2.05) is 0 Å². The molecule has 0 radical (unpaired) electrons. The smallest absolute Gasteiger partial charge is 0.0501 e. The van der Waals surface area contributed by atoms with Gasteiger partial charge in [-0.1, -0.05) is 68.6 Å². The van der Waals surface area contributed by atoms with Gasteiger partial charge in [-0.15, -0.1) is 0 Å². The summed E-state index contributed by atoms with van der Waals surface area (Å²) in [4.78, 5) is 0. The van der Waals surface area contributed by atoms with Crippen LogP contribution in [0.3, 0.4) is 0 Å². The zero-order valence-electron chi connectivity index (χ0n) is 11.5. The highest BCUT2D eigenvalue weighted by molar-refractivity contribution is 7.56. The average molecular weight is 272 g/mol. The van der Waals surface area contributed by atoms with E-state index in [4.69, 9.17) is 4.74 Å². The molecule has 0 heterocycles. The van der Waals surface area contributed by atoms with Crippen molar-refractivity contribution in [3.05, 3.63) is 71.8 Å². The molecule has 0 fully saturated rings. The molecule has 2 aromatic carbocycles. The van der Waals surface area contributed by atoms with Crippen LogP contribution < -0.4 is 0 Å². The molecule has 0 saturated heterocycles. The van der Waals surface area contributed by atoms with Crippen molar-refractivity contribution in [2.24, 2.45) is 0 Å². The van der Waals surface area contributed by atoms with Gasteiger partial charge in [0.25, 0.3) is 0 Å². The zero-order chi connectivity index (χ0) is 13.3. The minimum atomic E-state index is -0.0441. The second kappa shape index (κ2) is 8.09. The molecule has 19 heavy (non-hydrogen) atoms. The Balaban J connectivity index is 1.99. The quantitative estimate of drug-likeness (QED) is 0.674. The van der Waals surface area contributed by atoms with Crippen molar-refractivity contribution >= 4 is 7.92 Å². The van der Waals surface area contributed by atoms with Crippen LogP contribution in [-0.2, 0) is 17.1 Å². The Morgan fingerprint density at radius 3 is 1.68 bits per heavy atom. The molecule has 2 heteroatoms. The van der Waals surface area contributed by atoms with Crippen LogP contribution in [0.4, 0.5) is 0 Å². The summed E-state index contributed by atoms with van der Waals surface area (Å²) < 4.78 is 5.26. The van der Waals surface area contributed by atoms with Gasteiger partial charge < -0.3 is 4.74 Å². The third-order valence-corrected chi connectivity index (χ3v) is 5.55. The zero-order valence-corrected chi connectivity index (χ0v) is 12.4. The second-order valence-corrected chi connectivity index (χ2v) is 7.10. The van der Waals surface area contributed by atoms with Gasteiger partial charge in [-0.25, -0.2) is 0 Å². The Labute approximate surface area is 117 Å². The number of hydrogen-bond acceptors (Lipinski definition) is 1. The van der Waals surface area contributed by atoms with E-state index in [2.05, 4.69) is 60.7 Å². The Bertz CT molecular complexity index is 414. The van der Waals surface area contributed by atoms with Gasteiger partial charge in [-0.2, -0.15) is 0 Å². The van der Waals surface area contributed by atoms with Crippen molar-refractivity contribution in [3.63, 3.8) is 0 Å². The van der Waals surface area contributed by atoms with Gasteiger partial charge in [0.2, 0.25) is 0 Å². The summed E-state index contributed by atoms with van der Waals surface area (Å²) in [6.45, 7) is 0.866. The summed E-state index contributed by atoms with van der Waals surface area (Å²) in [5.41, 5.74) is 2.89. The van der Waals surface area contributed by atoms with Gasteiger partial charge in [0.15, 0.2) is 0 Å². The monoisotopic (exact) mass is 272 g/mol. The first kappa shape index (κ1) is 14.2. The van der Waals surface area contributed by atoms with Crippen LogP contribution in [0.2, 0.25) is 0 Å². The lowest BCUT2D eigenvalue weighted by atomic mass is 10.2. The first-order valence-corrected chi connectivity index (χ1v) is 8.57. The van der Waals surface area contributed by atoms with Crippen molar-refractivity contribution in [2.75, 3.05) is 19.9 Å². The first-order chi connectivity index (χ1) is 9.38. The third kappa shape index (κ3) is 5.14. The predicted octanol–water partition coefficient (Wildman–Crippen LogP) is 4.52. The number of ether oxygens (including phenoxy) is 1. The predicted molar refractivity (Wildman–Crippen MR) is 84.0 cm³/mol. The van der Waals surface area contributed by atoms with Crippen LogP contribution in [-0.4, -0.2) is 19.9 Å². The summed E-state index contributed by atoms with van der Waals surface area (Å²) in [7, 11) is 1.75. The Hall–Kier alpha value is -1.17. The fourth-order valence-corrected chi connectivity index (χ4v) is 4.44. The van der Waals surface area contributed by atoms with Gasteiger partial charge >= 0.3 is 0 Å². The van der Waals surface area contributed by atoms with E-state index in [1.165, 1.54) is 29.6 Å². The highest BCUT2D eigenvalue weighted by atomic mass is 31.1. The number of hydrogen-bond donors (Lipinski definition) is 0. The minimum absolute atomic E-state index is 0.0441. The lowest BCUT2D eigenvalue weighted by Crippen LogP contribution is -1.99. The van der Waals surface area contributed by atoms with Crippen molar-refractivity contribution in [2.45, 2.75) is 12.3 Å². The van der Waals surface area contributed by atoms with E-state index in [9.17, 15) is 0 Å². The van der Waals surface area contributed by atoms with Gasteiger partial charge in [0.05, 0.1) is 6.61 Å². The molecule has 0 aromatic heterocycles. The number of rotatable bonds is 7. The van der Waals surface area contributed by atoms with E-state index in [1.54, 1.807) is 7.11 Å². The summed E-state index contributed by atoms with van der Waals surface area (Å²) in [6.07, 6.45) is 3.55. The topological polar surface area (TPSA) is 9.23 Å². The van der Waals surface area contributed by atoms with E-state index >= 15 is 0 Å². The Kier molecular flexibility index (Phi) is 6.07. The number of benzene rings is 2. The van der Waals surface area contributed by atoms with Gasteiger partial charge in [-0.3, -0.25) is 0 Å². The fraction of sp³-hybridized carbons (Fsp3) is 0.294. The Morgan fingerprint density at radius 1 is 0.789 bits per heavy atom. The van der Waals surface area contributed by atoms with Crippen LogP contribution in [0, 0.1) is 0 Å². The number of methoxy groups -OCH3 is 1. The van der Waals surface area contributed by atoms with Crippen LogP contribution in [0.15, 0.2) is 60.7 Å². The molecule has 0 bridgehead atoms. The molecule has 0 aliphatic heterocycles. The molecular formula is C17H21OP. The Morgan fingerprint density at radius 2 is 1.26 bits per heavy atom. The van der Waals surface area contributed by atoms with Gasteiger partial charge in [-0.05, 0) is 29.6 Å². The summed E-state index contributed by atoms with van der Waals surface area (Å²) in [6, 6.07) is 21.6. The molecule has 0 aliphatic rings. The van der Waals surface area contributed by atoms with E-state index in [0.29, 0.717) is 0 Å². The normalized spacial score (nSPS) is 10.8. The molecule has 0 spiro atoms. The van der Waals surface area contributed by atoms with E-state index < -0.39 is 0 Å². The maximum atomic E-state index is 5.26. The molecule has 0 atom stereocenters. The van der Waals surface area contributed by atoms with Crippen molar-refractivity contribution < 1.29 is 4.74 Å². The van der Waals surface area contributed by atoms with Crippen molar-refractivity contribution in [1.29, 1.82) is 0 Å². The second-order valence-electron chi connectivity index (χ2n) is 4.67. The molecule has 0 amide bonds. The maximum absolute atomic E-state index is 5.26. The standard InChI is InChI=1S/C17H21OP/c1-18-12-13-19(14-16-8-4-2-5-9-16)15-17-10-6-3-7-11-17/h2-11H,12-15H2,1H3. The largest absolute Gasteiger partial charge is 0.384 e. The lowest BCUT2D eigenvalue weighted by Gasteiger charge is -2.17. The molecule has 2 aromatic rings. The van der Waals surface area contributed by atoms with Crippen LogP contribution in [0.5, 0.6) is 0 Å². The molecule has 2 rings (SSSR count). The SMILES string of the molecule is COCCP(Cc1ccccc1)Cc1ccccc1. The molecule has 0 N–H and O–H groups in total. The highest BCUT2D eigenvalue weighted by Gasteiger charge is 2.09. The van der Waals surface area contributed by atoms with Crippen LogP contribution in [0.25, 0.3) is 0 Å². The van der Waals surface area contributed by atoms with Gasteiger partial charge in [0, 0.05) is 7.11 Å². The van der Waals surface area contributed by atoms with Crippen molar-refractivity contribution in [3.8, 4) is 0 Å². The first-order valence-electron chi connectivity index (χ1n) is 6.67. The highest BCUT2D eigenvalue weighted by Crippen LogP contribution is 2.42. The summed E-state index contributed by atoms with van der Waals surface area (Å²) in [5, 5.41) is 0. The van der Waals surface area contributed by atoms with Crippen molar-refractivity contribution in [1.82, 2.24) is 0 Å². The van der Waals surface area contributed by atoms with Crippen LogP contribution in [0.1, 0.15) is 11.1 Å². The molecule has 0 saturated carbocycles. The summed E-state index contributed by atoms with van der Waals surface area (Å²) >= 11 is 0. The maximum Gasteiger partial charge on any atom is 0.0501 e. The molecule has 0 unspecified atom stereocenters. The molecule has 100 valence electrons. The van der Waals surface area contributed by atoms with E-state index in [0.717, 1.165) is 6.61 Å².